The highest BCUT2D eigenvalue weighted by Gasteiger charge is 2.36. The number of carbonyl (C=O) groups is 3. The fraction of sp³-hybridized carbons (Fsp3) is 0.320. The fourth-order valence-electron chi connectivity index (χ4n) is 3.60. The van der Waals surface area contributed by atoms with E-state index < -0.39 is 17.5 Å². The Kier molecular flexibility index (Phi) is 8.07. The van der Waals surface area contributed by atoms with Gasteiger partial charge in [0, 0.05) is 23.5 Å². The smallest absolute Gasteiger partial charge is 0.334 e. The third-order valence-electron chi connectivity index (χ3n) is 5.48. The van der Waals surface area contributed by atoms with E-state index in [1.807, 2.05) is 60.8 Å². The van der Waals surface area contributed by atoms with Crippen molar-refractivity contribution in [2.75, 3.05) is 6.61 Å². The first-order valence-corrected chi connectivity index (χ1v) is 11.0. The van der Waals surface area contributed by atoms with E-state index in [4.69, 9.17) is 4.74 Å². The summed E-state index contributed by atoms with van der Waals surface area (Å²) >= 11 is 0. The molecule has 0 aliphatic carbocycles. The van der Waals surface area contributed by atoms with E-state index >= 15 is 0 Å². The molecule has 0 radical (unpaired) electrons. The maximum absolute atomic E-state index is 12.5. The van der Waals surface area contributed by atoms with E-state index in [-0.39, 0.29) is 18.9 Å². The van der Waals surface area contributed by atoms with Crippen LogP contribution in [0.15, 0.2) is 60.8 Å². The van der Waals surface area contributed by atoms with Crippen molar-refractivity contribution in [1.29, 1.82) is 0 Å². The van der Waals surface area contributed by atoms with Gasteiger partial charge >= 0.3 is 12.0 Å². The molecular formula is C25H30N4O4. The summed E-state index contributed by atoms with van der Waals surface area (Å²) in [6.45, 7) is 3.53. The van der Waals surface area contributed by atoms with E-state index in [0.717, 1.165) is 22.0 Å². The summed E-state index contributed by atoms with van der Waals surface area (Å²) in [6.07, 6.45) is 3.53. The highest BCUT2D eigenvalue weighted by Crippen LogP contribution is 2.19. The normalized spacial score (nSPS) is 12.5. The summed E-state index contributed by atoms with van der Waals surface area (Å²) in [7, 11) is 0. The van der Waals surface area contributed by atoms with Crippen molar-refractivity contribution in [3.8, 4) is 0 Å². The second-order valence-electron chi connectivity index (χ2n) is 8.02. The molecule has 3 rings (SSSR count). The van der Waals surface area contributed by atoms with Crippen LogP contribution in [0.25, 0.3) is 10.9 Å². The Morgan fingerprint density at radius 1 is 0.970 bits per heavy atom. The molecule has 174 valence electrons. The van der Waals surface area contributed by atoms with Gasteiger partial charge in [-0.25, -0.2) is 15.0 Å². The number of nitrogens with one attached hydrogen (secondary N) is 4. The van der Waals surface area contributed by atoms with Crippen LogP contribution in [-0.2, 0) is 27.2 Å². The van der Waals surface area contributed by atoms with Gasteiger partial charge in [-0.3, -0.25) is 10.2 Å². The van der Waals surface area contributed by atoms with Crippen LogP contribution in [0.2, 0.25) is 0 Å². The van der Waals surface area contributed by atoms with Crippen LogP contribution in [0.5, 0.6) is 0 Å². The van der Waals surface area contributed by atoms with Gasteiger partial charge in [0.15, 0.2) is 0 Å². The van der Waals surface area contributed by atoms with Gasteiger partial charge < -0.3 is 15.0 Å². The molecule has 0 bridgehead atoms. The summed E-state index contributed by atoms with van der Waals surface area (Å²) in [5.74, 6) is -0.862. The topological polar surface area (TPSA) is 112 Å². The summed E-state index contributed by atoms with van der Waals surface area (Å²) < 4.78 is 5.17. The summed E-state index contributed by atoms with van der Waals surface area (Å²) in [4.78, 5) is 40.4. The fourth-order valence-corrected chi connectivity index (χ4v) is 3.60. The second kappa shape index (κ2) is 11.2. The molecule has 1 atom stereocenters. The molecule has 4 N–H and O–H groups in total. The summed E-state index contributed by atoms with van der Waals surface area (Å²) in [5, 5.41) is 3.72. The third kappa shape index (κ3) is 6.58. The van der Waals surface area contributed by atoms with Gasteiger partial charge in [-0.1, -0.05) is 48.5 Å². The predicted octanol–water partition coefficient (Wildman–Crippen LogP) is 3.39. The lowest BCUT2D eigenvalue weighted by atomic mass is 9.93. The molecule has 0 saturated heterocycles. The van der Waals surface area contributed by atoms with Crippen LogP contribution in [-0.4, -0.2) is 35.0 Å². The summed E-state index contributed by atoms with van der Waals surface area (Å²) in [6, 6.07) is 16.9. The third-order valence-corrected chi connectivity index (χ3v) is 5.48. The second-order valence-corrected chi connectivity index (χ2v) is 8.02. The first-order chi connectivity index (χ1) is 15.9. The Bertz CT molecular complexity index is 1100. The van der Waals surface area contributed by atoms with E-state index in [2.05, 4.69) is 21.2 Å². The minimum absolute atomic E-state index is 0.200. The van der Waals surface area contributed by atoms with Gasteiger partial charge in [-0.2, -0.15) is 0 Å². The number of esters is 1. The van der Waals surface area contributed by atoms with Crippen molar-refractivity contribution >= 4 is 28.8 Å². The van der Waals surface area contributed by atoms with Gasteiger partial charge in [0.1, 0.15) is 5.54 Å². The van der Waals surface area contributed by atoms with Crippen LogP contribution in [0.3, 0.4) is 0 Å². The molecule has 2 aromatic carbocycles. The largest absolute Gasteiger partial charge is 0.464 e. The monoisotopic (exact) mass is 450 g/mol. The number of H-pyrrole nitrogens is 1. The molecule has 0 saturated carbocycles. The van der Waals surface area contributed by atoms with Crippen LogP contribution < -0.4 is 16.2 Å². The molecule has 3 aromatic rings. The Balaban J connectivity index is 1.51. The van der Waals surface area contributed by atoms with E-state index in [0.29, 0.717) is 19.3 Å². The maximum Gasteiger partial charge on any atom is 0.334 e. The predicted molar refractivity (Wildman–Crippen MR) is 126 cm³/mol. The number of urea groups is 1. The van der Waals surface area contributed by atoms with Crippen LogP contribution in [0.1, 0.15) is 37.8 Å². The maximum atomic E-state index is 12.5. The molecule has 0 aliphatic heterocycles. The van der Waals surface area contributed by atoms with Crippen LogP contribution >= 0.6 is 0 Å². The van der Waals surface area contributed by atoms with Gasteiger partial charge in [0.2, 0.25) is 5.91 Å². The molecule has 0 spiro atoms. The number of amides is 3. The molecule has 0 fully saturated rings. The van der Waals surface area contributed by atoms with Gasteiger partial charge in [-0.15, -0.1) is 0 Å². The quantitative estimate of drug-likeness (QED) is 0.296. The average molecular weight is 451 g/mol. The average Bonchev–Trinajstić information content (AvgIpc) is 3.24. The Morgan fingerprint density at radius 2 is 1.70 bits per heavy atom. The Labute approximate surface area is 193 Å². The SMILES string of the molecule is CCOC(=O)C(C)(CCc1ccccc1)NC(=O)NNC(=O)CCc1c[nH]c2ccccc12. The highest BCUT2D eigenvalue weighted by molar-refractivity contribution is 5.88. The number of rotatable bonds is 9. The number of aromatic nitrogens is 1. The first-order valence-electron chi connectivity index (χ1n) is 11.0. The lowest BCUT2D eigenvalue weighted by Crippen LogP contribution is -2.58. The number of hydrazine groups is 1. The number of hydrogen-bond acceptors (Lipinski definition) is 4. The standard InChI is InChI=1S/C25H30N4O4/c1-3-33-23(31)25(2,16-15-18-9-5-4-6-10-18)27-24(32)29-28-22(30)14-13-19-17-26-21-12-8-7-11-20(19)21/h4-12,17,26H,3,13-16H2,1-2H3,(H,28,30)(H2,27,29,32). The van der Waals surface area contributed by atoms with Crippen molar-refractivity contribution < 1.29 is 19.1 Å². The molecular weight excluding hydrogens is 420 g/mol. The lowest BCUT2D eigenvalue weighted by Gasteiger charge is -2.28. The highest BCUT2D eigenvalue weighted by atomic mass is 16.5. The van der Waals surface area contributed by atoms with Crippen molar-refractivity contribution in [1.82, 2.24) is 21.2 Å². The molecule has 0 aliphatic rings. The minimum atomic E-state index is -1.25. The zero-order valence-electron chi connectivity index (χ0n) is 18.9. The van der Waals surface area contributed by atoms with Crippen molar-refractivity contribution in [2.24, 2.45) is 0 Å². The number of ether oxygens (including phenoxy) is 1. The van der Waals surface area contributed by atoms with Crippen LogP contribution in [0.4, 0.5) is 4.79 Å². The van der Waals surface area contributed by atoms with E-state index in [1.54, 1.807) is 13.8 Å². The number of carbonyl (C=O) groups excluding carboxylic acids is 3. The molecule has 1 heterocycles. The number of fused-ring (bicyclic) bond motifs is 1. The number of hydrogen-bond donors (Lipinski definition) is 4. The van der Waals surface area contributed by atoms with Crippen molar-refractivity contribution in [2.45, 2.75) is 45.1 Å². The summed E-state index contributed by atoms with van der Waals surface area (Å²) in [5.41, 5.74) is 6.57. The van der Waals surface area contributed by atoms with Gasteiger partial charge in [0.05, 0.1) is 6.61 Å². The molecule has 1 aromatic heterocycles. The zero-order valence-corrected chi connectivity index (χ0v) is 18.9. The Morgan fingerprint density at radius 3 is 2.45 bits per heavy atom. The van der Waals surface area contributed by atoms with Gasteiger partial charge in [0.25, 0.3) is 0 Å². The van der Waals surface area contributed by atoms with Crippen molar-refractivity contribution in [3.63, 3.8) is 0 Å². The zero-order chi connectivity index (χ0) is 23.7. The number of benzene rings is 2. The number of aryl methyl sites for hydroxylation is 2. The number of para-hydroxylation sites is 1. The molecule has 8 heteroatoms. The van der Waals surface area contributed by atoms with Crippen molar-refractivity contribution in [3.05, 3.63) is 71.9 Å². The molecule has 1 unspecified atom stereocenters. The van der Waals surface area contributed by atoms with E-state index in [1.165, 1.54) is 0 Å². The Hall–Kier alpha value is -3.81. The lowest BCUT2D eigenvalue weighted by molar-refractivity contribution is -0.150. The minimum Gasteiger partial charge on any atom is -0.464 e. The van der Waals surface area contributed by atoms with Gasteiger partial charge in [-0.05, 0) is 50.3 Å². The molecule has 3 amide bonds. The first kappa shape index (κ1) is 23.8. The number of aromatic amines is 1. The molecule has 8 nitrogen and oxygen atoms in total. The molecule has 33 heavy (non-hydrogen) atoms. The van der Waals surface area contributed by atoms with Crippen LogP contribution in [0, 0.1) is 0 Å². The van der Waals surface area contributed by atoms with E-state index in [9.17, 15) is 14.4 Å².